The van der Waals surface area contributed by atoms with Gasteiger partial charge in [0.1, 0.15) is 11.6 Å². The number of guanidine groups is 1. The van der Waals surface area contributed by atoms with Crippen molar-refractivity contribution in [3.05, 3.63) is 28.7 Å². The first-order valence-electron chi connectivity index (χ1n) is 8.43. The Morgan fingerprint density at radius 3 is 2.48 bits per heavy atom. The van der Waals surface area contributed by atoms with Crippen LogP contribution in [-0.4, -0.2) is 32.4 Å². The van der Waals surface area contributed by atoms with E-state index in [1.165, 1.54) is 0 Å². The Morgan fingerprint density at radius 2 is 1.92 bits per heavy atom. The van der Waals surface area contributed by atoms with Crippen molar-refractivity contribution in [2.75, 3.05) is 6.54 Å². The van der Waals surface area contributed by atoms with Crippen LogP contribution in [0.4, 0.5) is 0 Å². The van der Waals surface area contributed by atoms with Gasteiger partial charge in [-0.05, 0) is 20.3 Å². The van der Waals surface area contributed by atoms with Gasteiger partial charge >= 0.3 is 0 Å². The summed E-state index contributed by atoms with van der Waals surface area (Å²) in [5.41, 5.74) is 2.07. The van der Waals surface area contributed by atoms with Gasteiger partial charge in [-0.3, -0.25) is 0 Å². The summed E-state index contributed by atoms with van der Waals surface area (Å²) in [7, 11) is 1.95. The zero-order valence-corrected chi connectivity index (χ0v) is 17.9. The standard InChI is InChI=1S/C16H27N7O.HI/c1-6-13-12(14(7-2)24-22-13)9-18-16(17-8-3)19-10-15-21-20-11(4)23(15)5;/h6-10H2,1-5H3,(H2,17,18,19);1H. The Labute approximate surface area is 165 Å². The second-order valence-electron chi connectivity index (χ2n) is 5.51. The summed E-state index contributed by atoms with van der Waals surface area (Å²) in [6, 6.07) is 0. The van der Waals surface area contributed by atoms with E-state index < -0.39 is 0 Å². The first kappa shape index (κ1) is 21.4. The number of halogens is 1. The number of hydrogen-bond donors (Lipinski definition) is 2. The third kappa shape index (κ3) is 5.41. The SMILES string of the molecule is CCNC(=NCc1c(CC)noc1CC)NCc1nnc(C)n1C.I. The van der Waals surface area contributed by atoms with Gasteiger partial charge in [-0.15, -0.1) is 34.2 Å². The van der Waals surface area contributed by atoms with Crippen LogP contribution in [0, 0.1) is 6.92 Å². The van der Waals surface area contributed by atoms with E-state index in [9.17, 15) is 0 Å². The molecule has 2 N–H and O–H groups in total. The highest BCUT2D eigenvalue weighted by molar-refractivity contribution is 14.0. The van der Waals surface area contributed by atoms with Gasteiger partial charge in [-0.25, -0.2) is 4.99 Å². The van der Waals surface area contributed by atoms with Gasteiger partial charge in [0.2, 0.25) is 0 Å². The molecule has 0 unspecified atom stereocenters. The molecule has 8 nitrogen and oxygen atoms in total. The van der Waals surface area contributed by atoms with Gasteiger partial charge < -0.3 is 19.7 Å². The minimum atomic E-state index is 0. The van der Waals surface area contributed by atoms with Crippen LogP contribution in [0.2, 0.25) is 0 Å². The maximum atomic E-state index is 5.39. The molecule has 9 heteroatoms. The Bertz CT molecular complexity index is 671. The van der Waals surface area contributed by atoms with Gasteiger partial charge in [0.25, 0.3) is 0 Å². The molecule has 0 saturated carbocycles. The second kappa shape index (κ2) is 10.4. The molecule has 2 aromatic rings. The van der Waals surface area contributed by atoms with Crippen molar-refractivity contribution in [3.63, 3.8) is 0 Å². The van der Waals surface area contributed by atoms with Gasteiger partial charge in [0, 0.05) is 25.6 Å². The lowest BCUT2D eigenvalue weighted by Crippen LogP contribution is -2.37. The highest BCUT2D eigenvalue weighted by Gasteiger charge is 2.13. The molecule has 0 atom stereocenters. The number of aryl methyl sites for hydroxylation is 3. The van der Waals surface area contributed by atoms with Crippen molar-refractivity contribution in [3.8, 4) is 0 Å². The molecule has 2 heterocycles. The largest absolute Gasteiger partial charge is 0.361 e. The fourth-order valence-corrected chi connectivity index (χ4v) is 2.38. The molecule has 0 aliphatic rings. The summed E-state index contributed by atoms with van der Waals surface area (Å²) < 4.78 is 7.35. The van der Waals surface area contributed by atoms with E-state index in [2.05, 4.69) is 44.8 Å². The van der Waals surface area contributed by atoms with E-state index >= 15 is 0 Å². The molecule has 0 bridgehead atoms. The van der Waals surface area contributed by atoms with Crippen LogP contribution < -0.4 is 10.6 Å². The van der Waals surface area contributed by atoms with E-state index in [4.69, 9.17) is 4.52 Å². The van der Waals surface area contributed by atoms with Crippen LogP contribution in [0.5, 0.6) is 0 Å². The molecule has 25 heavy (non-hydrogen) atoms. The molecule has 2 rings (SSSR count). The lowest BCUT2D eigenvalue weighted by Gasteiger charge is -2.11. The number of nitrogens with zero attached hydrogens (tertiary/aromatic N) is 5. The Morgan fingerprint density at radius 1 is 1.16 bits per heavy atom. The van der Waals surface area contributed by atoms with Crippen LogP contribution >= 0.6 is 24.0 Å². The third-order valence-corrected chi connectivity index (χ3v) is 3.94. The minimum Gasteiger partial charge on any atom is -0.361 e. The summed E-state index contributed by atoms with van der Waals surface area (Å²) in [5.74, 6) is 3.41. The molecule has 0 amide bonds. The average molecular weight is 461 g/mol. The first-order valence-corrected chi connectivity index (χ1v) is 8.43. The Kier molecular flexibility index (Phi) is 8.87. The number of rotatable bonds is 7. The van der Waals surface area contributed by atoms with Crippen molar-refractivity contribution < 1.29 is 4.52 Å². The van der Waals surface area contributed by atoms with E-state index in [-0.39, 0.29) is 24.0 Å². The number of aliphatic imine (C=N–C) groups is 1. The first-order chi connectivity index (χ1) is 11.6. The van der Waals surface area contributed by atoms with E-state index in [0.717, 1.165) is 54.0 Å². The van der Waals surface area contributed by atoms with Gasteiger partial charge in [-0.2, -0.15) is 0 Å². The van der Waals surface area contributed by atoms with Gasteiger partial charge in [-0.1, -0.05) is 19.0 Å². The molecule has 2 aromatic heterocycles. The monoisotopic (exact) mass is 461 g/mol. The summed E-state index contributed by atoms with van der Waals surface area (Å²) in [6.07, 6.45) is 1.66. The lowest BCUT2D eigenvalue weighted by molar-refractivity contribution is 0.380. The molecule has 0 aliphatic heterocycles. The van der Waals surface area contributed by atoms with Crippen molar-refractivity contribution >= 4 is 29.9 Å². The Hall–Kier alpha value is -1.65. The average Bonchev–Trinajstić information content (AvgIpc) is 3.14. The highest BCUT2D eigenvalue weighted by Crippen LogP contribution is 2.16. The number of nitrogens with one attached hydrogen (secondary N) is 2. The molecule has 0 aliphatic carbocycles. The number of aromatic nitrogens is 4. The molecule has 0 saturated heterocycles. The molecule has 0 aromatic carbocycles. The van der Waals surface area contributed by atoms with Gasteiger partial charge in [0.05, 0.1) is 18.8 Å². The fourth-order valence-electron chi connectivity index (χ4n) is 2.38. The maximum Gasteiger partial charge on any atom is 0.191 e. The maximum absolute atomic E-state index is 5.39. The van der Waals surface area contributed by atoms with Crippen molar-refractivity contribution in [2.24, 2.45) is 12.0 Å². The topological polar surface area (TPSA) is 93.2 Å². The molecule has 0 fully saturated rings. The van der Waals surface area contributed by atoms with Crippen molar-refractivity contribution in [1.82, 2.24) is 30.6 Å². The molecular formula is C16H28IN7O. The summed E-state index contributed by atoms with van der Waals surface area (Å²) in [6.45, 7) is 10.0. The van der Waals surface area contributed by atoms with Crippen molar-refractivity contribution in [1.29, 1.82) is 0 Å². The molecule has 0 spiro atoms. The van der Waals surface area contributed by atoms with E-state index in [1.807, 2.05) is 25.5 Å². The predicted octanol–water partition coefficient (Wildman–Crippen LogP) is 2.11. The third-order valence-electron chi connectivity index (χ3n) is 3.94. The minimum absolute atomic E-state index is 0. The zero-order chi connectivity index (χ0) is 17.5. The molecule has 0 radical (unpaired) electrons. The van der Waals surface area contributed by atoms with Crippen LogP contribution in [0.3, 0.4) is 0 Å². The van der Waals surface area contributed by atoms with Crippen LogP contribution in [0.25, 0.3) is 0 Å². The quantitative estimate of drug-likeness (QED) is 0.373. The molecular weight excluding hydrogens is 433 g/mol. The van der Waals surface area contributed by atoms with E-state index in [0.29, 0.717) is 13.1 Å². The molecule has 140 valence electrons. The Balaban J connectivity index is 0.00000312. The summed E-state index contributed by atoms with van der Waals surface area (Å²) in [5, 5.41) is 18.9. The van der Waals surface area contributed by atoms with Gasteiger partial charge in [0.15, 0.2) is 11.8 Å². The highest BCUT2D eigenvalue weighted by atomic mass is 127. The van der Waals surface area contributed by atoms with Crippen molar-refractivity contribution in [2.45, 2.75) is 53.6 Å². The number of hydrogen-bond acceptors (Lipinski definition) is 5. The second-order valence-corrected chi connectivity index (χ2v) is 5.51. The zero-order valence-electron chi connectivity index (χ0n) is 15.6. The summed E-state index contributed by atoms with van der Waals surface area (Å²) in [4.78, 5) is 4.66. The van der Waals surface area contributed by atoms with Crippen LogP contribution in [0.15, 0.2) is 9.52 Å². The lowest BCUT2D eigenvalue weighted by atomic mass is 10.1. The fraction of sp³-hybridized carbons (Fsp3) is 0.625. The van der Waals surface area contributed by atoms with Crippen LogP contribution in [-0.2, 0) is 33.0 Å². The van der Waals surface area contributed by atoms with E-state index in [1.54, 1.807) is 0 Å². The summed E-state index contributed by atoms with van der Waals surface area (Å²) >= 11 is 0. The van der Waals surface area contributed by atoms with Crippen LogP contribution in [0.1, 0.15) is 49.4 Å². The normalized spacial score (nSPS) is 11.3. The smallest absolute Gasteiger partial charge is 0.191 e. The predicted molar refractivity (Wildman–Crippen MR) is 108 cm³/mol.